The van der Waals surface area contributed by atoms with Crippen molar-refractivity contribution in [2.24, 2.45) is 0 Å². The van der Waals surface area contributed by atoms with Crippen LogP contribution in [0.3, 0.4) is 0 Å². The van der Waals surface area contributed by atoms with E-state index < -0.39 is 30.6 Å². The zero-order valence-electron chi connectivity index (χ0n) is 33.9. The number of amides is 1. The van der Waals surface area contributed by atoms with Crippen molar-refractivity contribution >= 4 is 58.1 Å². The van der Waals surface area contributed by atoms with Crippen LogP contribution in [-0.2, 0) is 22.6 Å². The van der Waals surface area contributed by atoms with Crippen molar-refractivity contribution in [1.29, 1.82) is 0 Å². The molecule has 0 aliphatic carbocycles. The van der Waals surface area contributed by atoms with Crippen molar-refractivity contribution in [3.05, 3.63) is 160 Å². The van der Waals surface area contributed by atoms with Crippen LogP contribution in [0, 0.1) is 5.82 Å². The Labute approximate surface area is 386 Å². The molecule has 2 atom stereocenters. The number of hydrogen-bond acceptors (Lipinski definition) is 7. The Morgan fingerprint density at radius 3 is 1.95 bits per heavy atom. The molecular formula is C47H45Cl2FN3NaO7. The van der Waals surface area contributed by atoms with Gasteiger partial charge in [-0.1, -0.05) is 110 Å². The van der Waals surface area contributed by atoms with Crippen molar-refractivity contribution in [2.75, 3.05) is 10.6 Å². The number of anilines is 3. The van der Waals surface area contributed by atoms with Gasteiger partial charge in [0, 0.05) is 41.6 Å². The van der Waals surface area contributed by atoms with E-state index >= 15 is 0 Å². The van der Waals surface area contributed by atoms with E-state index in [0.717, 1.165) is 11.3 Å². The predicted molar refractivity (Wildman–Crippen MR) is 232 cm³/mol. The maximum absolute atomic E-state index is 14.0. The van der Waals surface area contributed by atoms with Gasteiger partial charge in [0.05, 0.1) is 45.6 Å². The molecule has 5 N–H and O–H groups in total. The molecule has 6 rings (SSSR count). The van der Waals surface area contributed by atoms with Gasteiger partial charge >= 0.3 is 35.5 Å². The van der Waals surface area contributed by atoms with Crippen molar-refractivity contribution in [2.45, 2.75) is 64.2 Å². The second-order valence-electron chi connectivity index (χ2n) is 14.3. The second-order valence-corrected chi connectivity index (χ2v) is 15.2. The maximum atomic E-state index is 14.0. The van der Waals surface area contributed by atoms with Crippen LogP contribution in [0.4, 0.5) is 21.5 Å². The third-order valence-corrected chi connectivity index (χ3v) is 10.1. The molecule has 1 heterocycles. The van der Waals surface area contributed by atoms with E-state index in [4.69, 9.17) is 28.3 Å². The van der Waals surface area contributed by atoms with Gasteiger partial charge in [0.2, 0.25) is 0 Å². The number of rotatable bonds is 16. The number of aliphatic carboxylic acids is 2. The number of carboxylic acid groups (broad SMARTS) is 2. The van der Waals surface area contributed by atoms with Crippen LogP contribution >= 0.6 is 23.2 Å². The topological polar surface area (TPSA) is 164 Å². The first-order chi connectivity index (χ1) is 28.7. The molecule has 0 radical (unpaired) electrons. The Balaban J connectivity index is 0.000000343. The molecule has 0 saturated heterocycles. The zero-order valence-corrected chi connectivity index (χ0v) is 37.5. The first-order valence-corrected chi connectivity index (χ1v) is 20.0. The van der Waals surface area contributed by atoms with Gasteiger partial charge in [-0.2, -0.15) is 0 Å². The van der Waals surface area contributed by atoms with E-state index in [1.807, 2.05) is 79.1 Å². The molecule has 0 bridgehead atoms. The molecule has 0 spiro atoms. The minimum absolute atomic E-state index is 0. The van der Waals surface area contributed by atoms with Crippen LogP contribution in [0.1, 0.15) is 60.6 Å². The molecule has 1 aromatic heterocycles. The summed E-state index contributed by atoms with van der Waals surface area (Å²) in [4.78, 5) is 35.7. The van der Waals surface area contributed by atoms with Gasteiger partial charge < -0.3 is 40.4 Å². The summed E-state index contributed by atoms with van der Waals surface area (Å²) < 4.78 is 16.0. The summed E-state index contributed by atoms with van der Waals surface area (Å²) in [7, 11) is 0. The summed E-state index contributed by atoms with van der Waals surface area (Å²) in [5.74, 6) is -3.07. The monoisotopic (exact) mass is 875 g/mol. The minimum atomic E-state index is -1.18. The summed E-state index contributed by atoms with van der Waals surface area (Å²) in [6, 6.07) is 37.0. The Kier molecular flexibility index (Phi) is 18.6. The van der Waals surface area contributed by atoms with Crippen molar-refractivity contribution in [3.63, 3.8) is 0 Å². The fourth-order valence-electron chi connectivity index (χ4n) is 6.91. The summed E-state index contributed by atoms with van der Waals surface area (Å²) in [6.45, 7) is 4.25. The first kappa shape index (κ1) is 48.7. The second kappa shape index (κ2) is 23.3. The standard InChI is InChI=1S/C33H35FN2O5.C14H11Cl2NO2.Na/c1-21(2)31-30(33(41)35-25-11-7-4-8-12-25)29(22-9-5-3-6-10-22)32(23-13-15-24(34)16-14-23)36(31)18-17-26(37)19-27(38)20-28(39)40;15-10-5-3-6-11(16)14(10)17-12-7-2-1-4-9(12)8-13(18)19;/h3-16,21,26-27,37-38H,17-20H2,1-2H3,(H,35,41)(H,39,40);1-7,17H,8H2,(H,18,19);/q;;+1/p-1/t26-,27-;;/m1../s1. The van der Waals surface area contributed by atoms with Gasteiger partial charge in [-0.3, -0.25) is 9.59 Å². The molecule has 5 aromatic carbocycles. The fourth-order valence-corrected chi connectivity index (χ4v) is 7.40. The number of nitrogens with zero attached hydrogens (tertiary/aromatic N) is 1. The third-order valence-electron chi connectivity index (χ3n) is 9.50. The average Bonchev–Trinajstić information content (AvgIpc) is 3.55. The normalized spacial score (nSPS) is 11.7. The molecule has 0 aliphatic heterocycles. The average molecular weight is 877 g/mol. The molecule has 6 aromatic rings. The Hall–Kier alpha value is -4.98. The molecule has 312 valence electrons. The van der Waals surface area contributed by atoms with E-state index in [9.17, 15) is 34.1 Å². The van der Waals surface area contributed by atoms with E-state index in [2.05, 4.69) is 10.6 Å². The fraction of sp³-hybridized carbons (Fsp3) is 0.213. The number of nitrogens with one attached hydrogen (secondary N) is 2. The predicted octanol–water partition coefficient (Wildman–Crippen LogP) is 6.35. The summed E-state index contributed by atoms with van der Waals surface area (Å²) >= 11 is 12.1. The van der Waals surface area contributed by atoms with Crippen molar-refractivity contribution < 1.29 is 68.8 Å². The minimum Gasteiger partial charge on any atom is -0.550 e. The molecule has 14 heteroatoms. The SMILES string of the molecule is CC(C)c1c(C(=O)Nc2ccccc2)c(-c2ccccc2)c(-c2ccc(F)cc2)n1CC[C@@H](O)C[C@@H](O)CC(=O)O.O=C([O-])Cc1ccccc1Nc1c(Cl)cccc1Cl.[Na+]. The molecule has 0 saturated carbocycles. The van der Waals surface area contributed by atoms with Crippen LogP contribution in [0.15, 0.2) is 127 Å². The van der Waals surface area contributed by atoms with E-state index in [0.29, 0.717) is 55.1 Å². The van der Waals surface area contributed by atoms with Gasteiger partial charge in [0.1, 0.15) is 5.82 Å². The van der Waals surface area contributed by atoms with E-state index in [1.54, 1.807) is 54.6 Å². The maximum Gasteiger partial charge on any atom is 1.00 e. The Morgan fingerprint density at radius 1 is 0.770 bits per heavy atom. The number of carboxylic acids is 2. The number of aliphatic hydroxyl groups is 2. The Bertz CT molecular complexity index is 2380. The third kappa shape index (κ3) is 13.5. The molecular weight excluding hydrogens is 831 g/mol. The Morgan fingerprint density at radius 2 is 1.36 bits per heavy atom. The number of hydrogen-bond donors (Lipinski definition) is 5. The van der Waals surface area contributed by atoms with Crippen molar-refractivity contribution in [3.8, 4) is 22.4 Å². The van der Waals surface area contributed by atoms with Crippen LogP contribution in [0.5, 0.6) is 0 Å². The quantitative estimate of drug-likeness (QED) is 0.0704. The van der Waals surface area contributed by atoms with Gasteiger partial charge in [-0.15, -0.1) is 0 Å². The number of carbonyl (C=O) groups is 3. The van der Waals surface area contributed by atoms with E-state index in [1.165, 1.54) is 12.1 Å². The van der Waals surface area contributed by atoms with Crippen LogP contribution in [0.25, 0.3) is 22.4 Å². The molecule has 0 unspecified atom stereocenters. The summed E-state index contributed by atoms with van der Waals surface area (Å²) in [5.41, 5.74) is 6.58. The summed E-state index contributed by atoms with van der Waals surface area (Å²) in [6.07, 6.45) is -2.68. The number of aliphatic hydroxyl groups excluding tert-OH is 2. The van der Waals surface area contributed by atoms with Crippen molar-refractivity contribution in [1.82, 2.24) is 4.57 Å². The van der Waals surface area contributed by atoms with Gasteiger partial charge in [0.25, 0.3) is 5.91 Å². The molecule has 0 aliphatic rings. The van der Waals surface area contributed by atoms with Crippen LogP contribution in [0.2, 0.25) is 10.0 Å². The van der Waals surface area contributed by atoms with Gasteiger partial charge in [0.15, 0.2) is 0 Å². The molecule has 10 nitrogen and oxygen atoms in total. The molecule has 1 amide bonds. The zero-order chi connectivity index (χ0) is 43.3. The number of halogens is 3. The van der Waals surface area contributed by atoms with Gasteiger partial charge in [-0.05, 0) is 90.0 Å². The molecule has 0 fully saturated rings. The van der Waals surface area contributed by atoms with Gasteiger partial charge in [-0.25, -0.2) is 4.39 Å². The largest absolute Gasteiger partial charge is 1.00 e. The van der Waals surface area contributed by atoms with E-state index in [-0.39, 0.29) is 73.0 Å². The number of carbonyl (C=O) groups excluding carboxylic acids is 2. The van der Waals surface area contributed by atoms with Crippen LogP contribution in [-0.4, -0.2) is 49.9 Å². The summed E-state index contributed by atoms with van der Waals surface area (Å²) in [5, 5.41) is 47.5. The van der Waals surface area contributed by atoms with Crippen LogP contribution < -0.4 is 45.3 Å². The molecule has 61 heavy (non-hydrogen) atoms. The number of benzene rings is 5. The number of para-hydroxylation sites is 3. The smallest absolute Gasteiger partial charge is 0.550 e. The number of aromatic nitrogens is 1. The first-order valence-electron chi connectivity index (χ1n) is 19.2.